The number of nitro groups is 1. The fourth-order valence-corrected chi connectivity index (χ4v) is 4.73. The fourth-order valence-electron chi connectivity index (χ4n) is 3.36. The van der Waals surface area contributed by atoms with Crippen LogP contribution in [0, 0.1) is 10.1 Å². The Morgan fingerprint density at radius 2 is 1.69 bits per heavy atom. The summed E-state index contributed by atoms with van der Waals surface area (Å²) in [7, 11) is 0. The number of nitrogens with zero attached hydrogens (tertiary/aromatic N) is 2. The predicted molar refractivity (Wildman–Crippen MR) is 136 cm³/mol. The van der Waals surface area contributed by atoms with E-state index in [4.69, 9.17) is 4.74 Å². The Morgan fingerprint density at radius 3 is 2.33 bits per heavy atom. The number of phenols is 1. The van der Waals surface area contributed by atoms with Gasteiger partial charge in [-0.1, -0.05) is 15.9 Å². The lowest BCUT2D eigenvalue weighted by molar-refractivity contribution is -0.384. The highest BCUT2D eigenvalue weighted by Crippen LogP contribution is 2.36. The molecule has 0 spiro atoms. The van der Waals surface area contributed by atoms with Crippen molar-refractivity contribution in [3.63, 3.8) is 0 Å². The quantitative estimate of drug-likeness (QED) is 0.171. The number of non-ortho nitro benzene ring substituents is 1. The number of aromatic hydroxyl groups is 1. The Kier molecular flexibility index (Phi) is 7.17. The molecule has 0 aliphatic carbocycles. The number of hydrogen-bond donors (Lipinski definition) is 2. The van der Waals surface area contributed by atoms with Gasteiger partial charge in [-0.3, -0.25) is 25.0 Å². The summed E-state index contributed by atoms with van der Waals surface area (Å²) in [5, 5.41) is 22.5. The molecule has 12 heteroatoms. The molecule has 36 heavy (non-hydrogen) atoms. The van der Waals surface area contributed by atoms with Crippen molar-refractivity contribution >= 4 is 67.2 Å². The largest absolute Gasteiger partial charge is 0.508 e. The average molecular weight is 617 g/mol. The van der Waals surface area contributed by atoms with Crippen LogP contribution >= 0.6 is 31.9 Å². The van der Waals surface area contributed by atoms with Crippen LogP contribution in [0.15, 0.2) is 75.2 Å². The summed E-state index contributed by atoms with van der Waals surface area (Å²) in [6.45, 7) is 0.0483. The molecular weight excluding hydrogens is 602 g/mol. The molecule has 1 aliphatic heterocycles. The SMILES string of the molecule is O=C1NC(=O)N(c2ccc(O)cc2)C(=O)/C1=C/c1cc(Br)cc(Br)c1OCc1ccc([N+](=O)[O-])cc1. The number of barbiturate groups is 1. The molecule has 4 amide bonds. The van der Waals surface area contributed by atoms with Crippen LogP contribution < -0.4 is 15.0 Å². The lowest BCUT2D eigenvalue weighted by atomic mass is 10.1. The molecule has 0 saturated carbocycles. The highest BCUT2D eigenvalue weighted by molar-refractivity contribution is 9.11. The van der Waals surface area contributed by atoms with Crippen LogP contribution in [-0.4, -0.2) is 27.9 Å². The summed E-state index contributed by atoms with van der Waals surface area (Å²) in [4.78, 5) is 49.3. The van der Waals surface area contributed by atoms with Gasteiger partial charge < -0.3 is 9.84 Å². The molecule has 4 rings (SSSR count). The van der Waals surface area contributed by atoms with Crippen LogP contribution in [0.5, 0.6) is 11.5 Å². The third-order valence-corrected chi connectivity index (χ3v) is 6.12. The molecule has 10 nitrogen and oxygen atoms in total. The molecule has 3 aromatic rings. The van der Waals surface area contributed by atoms with Crippen molar-refractivity contribution in [3.8, 4) is 11.5 Å². The minimum Gasteiger partial charge on any atom is -0.508 e. The maximum Gasteiger partial charge on any atom is 0.335 e. The monoisotopic (exact) mass is 615 g/mol. The lowest BCUT2D eigenvalue weighted by Gasteiger charge is -2.26. The first-order valence-corrected chi connectivity index (χ1v) is 11.8. The number of amides is 4. The van der Waals surface area contributed by atoms with E-state index in [1.807, 2.05) is 0 Å². The molecule has 0 radical (unpaired) electrons. The van der Waals surface area contributed by atoms with E-state index in [-0.39, 0.29) is 29.3 Å². The van der Waals surface area contributed by atoms with E-state index in [9.17, 15) is 29.6 Å². The van der Waals surface area contributed by atoms with Gasteiger partial charge in [0.25, 0.3) is 17.5 Å². The van der Waals surface area contributed by atoms with Gasteiger partial charge in [-0.15, -0.1) is 0 Å². The zero-order valence-electron chi connectivity index (χ0n) is 18.1. The van der Waals surface area contributed by atoms with Crippen LogP contribution in [0.25, 0.3) is 6.08 Å². The van der Waals surface area contributed by atoms with Crippen LogP contribution in [0.4, 0.5) is 16.2 Å². The lowest BCUT2D eigenvalue weighted by Crippen LogP contribution is -2.54. The number of phenolic OH excluding ortho intramolecular Hbond substituents is 1. The summed E-state index contributed by atoms with van der Waals surface area (Å²) in [5.41, 5.74) is 0.816. The molecule has 1 saturated heterocycles. The number of imide groups is 2. The van der Waals surface area contributed by atoms with Gasteiger partial charge in [-0.05, 0) is 76.1 Å². The van der Waals surface area contributed by atoms with E-state index in [0.29, 0.717) is 25.8 Å². The number of carbonyl (C=O) groups is 3. The Balaban J connectivity index is 1.67. The number of urea groups is 1. The van der Waals surface area contributed by atoms with Crippen molar-refractivity contribution in [2.45, 2.75) is 6.61 Å². The Morgan fingerprint density at radius 1 is 1.03 bits per heavy atom. The first-order valence-electron chi connectivity index (χ1n) is 10.2. The molecule has 182 valence electrons. The summed E-state index contributed by atoms with van der Waals surface area (Å²) in [6, 6.07) is 13.6. The average Bonchev–Trinajstić information content (AvgIpc) is 2.82. The van der Waals surface area contributed by atoms with Crippen molar-refractivity contribution in [2.75, 3.05) is 4.90 Å². The van der Waals surface area contributed by atoms with Gasteiger partial charge in [0.2, 0.25) is 0 Å². The Bertz CT molecular complexity index is 1420. The van der Waals surface area contributed by atoms with E-state index in [2.05, 4.69) is 37.2 Å². The topological polar surface area (TPSA) is 139 Å². The zero-order valence-corrected chi connectivity index (χ0v) is 21.3. The Hall–Kier alpha value is -4.03. The van der Waals surface area contributed by atoms with Crippen LogP contribution in [0.1, 0.15) is 11.1 Å². The Labute approximate surface area is 220 Å². The second-order valence-corrected chi connectivity index (χ2v) is 9.26. The maximum atomic E-state index is 13.2. The van der Waals surface area contributed by atoms with E-state index < -0.39 is 22.8 Å². The minimum absolute atomic E-state index is 0.0483. The molecule has 1 heterocycles. The van der Waals surface area contributed by atoms with Crippen LogP contribution in [0.2, 0.25) is 0 Å². The predicted octanol–water partition coefficient (Wildman–Crippen LogP) is 5.07. The first-order chi connectivity index (χ1) is 17.1. The number of ether oxygens (including phenoxy) is 1. The summed E-state index contributed by atoms with van der Waals surface area (Å²) in [5.74, 6) is -1.48. The van der Waals surface area contributed by atoms with E-state index in [1.54, 1.807) is 24.3 Å². The summed E-state index contributed by atoms with van der Waals surface area (Å²) >= 11 is 6.79. The molecule has 0 unspecified atom stereocenters. The van der Waals surface area contributed by atoms with Crippen molar-refractivity contribution in [1.82, 2.24) is 5.32 Å². The molecule has 2 N–H and O–H groups in total. The number of halogens is 2. The van der Waals surface area contributed by atoms with Crippen molar-refractivity contribution in [3.05, 3.63) is 96.4 Å². The number of rotatable bonds is 6. The second-order valence-electron chi connectivity index (χ2n) is 7.49. The van der Waals surface area contributed by atoms with Gasteiger partial charge in [0, 0.05) is 22.2 Å². The third kappa shape index (κ3) is 5.29. The normalized spacial score (nSPS) is 14.7. The van der Waals surface area contributed by atoms with Crippen LogP contribution in [-0.2, 0) is 16.2 Å². The van der Waals surface area contributed by atoms with Gasteiger partial charge >= 0.3 is 6.03 Å². The van der Waals surface area contributed by atoms with Gasteiger partial charge in [0.05, 0.1) is 15.1 Å². The molecular formula is C24H15Br2N3O7. The third-order valence-electron chi connectivity index (χ3n) is 5.08. The summed E-state index contributed by atoms with van der Waals surface area (Å²) < 4.78 is 7.07. The minimum atomic E-state index is -0.919. The van der Waals surface area contributed by atoms with Crippen molar-refractivity contribution in [1.29, 1.82) is 0 Å². The number of nitro benzene ring substituents is 1. The zero-order chi connectivity index (χ0) is 26.0. The second kappa shape index (κ2) is 10.3. The number of benzene rings is 3. The van der Waals surface area contributed by atoms with Crippen molar-refractivity contribution in [2.24, 2.45) is 0 Å². The van der Waals surface area contributed by atoms with Gasteiger partial charge in [0.1, 0.15) is 23.7 Å². The molecule has 0 aromatic heterocycles. The fraction of sp³-hybridized carbons (Fsp3) is 0.0417. The number of anilines is 1. The van der Waals surface area contributed by atoms with Gasteiger partial charge in [0.15, 0.2) is 0 Å². The van der Waals surface area contributed by atoms with Crippen molar-refractivity contribution < 1.29 is 29.2 Å². The number of carbonyl (C=O) groups excluding carboxylic acids is 3. The number of nitrogens with one attached hydrogen (secondary N) is 1. The van der Waals surface area contributed by atoms with Gasteiger partial charge in [-0.2, -0.15) is 0 Å². The van der Waals surface area contributed by atoms with E-state index in [0.717, 1.165) is 4.90 Å². The smallest absolute Gasteiger partial charge is 0.335 e. The van der Waals surface area contributed by atoms with Gasteiger partial charge in [-0.25, -0.2) is 9.69 Å². The molecule has 0 atom stereocenters. The molecule has 1 fully saturated rings. The standard InChI is InChI=1S/C24H15Br2N3O7/c25-15-9-14(21(20(26)11-15)36-12-13-1-3-17(4-2-13)29(34)35)10-19-22(31)27-24(33)28(23(19)32)16-5-7-18(30)8-6-16/h1-11,30H,12H2,(H,27,31,33)/b19-10+. The highest BCUT2D eigenvalue weighted by atomic mass is 79.9. The molecule has 0 bridgehead atoms. The maximum absolute atomic E-state index is 13.2. The highest BCUT2D eigenvalue weighted by Gasteiger charge is 2.37. The van der Waals surface area contributed by atoms with Crippen LogP contribution in [0.3, 0.4) is 0 Å². The van der Waals surface area contributed by atoms with E-state index >= 15 is 0 Å². The summed E-state index contributed by atoms with van der Waals surface area (Å²) in [6.07, 6.45) is 1.30. The molecule has 1 aliphatic rings. The first kappa shape index (κ1) is 25.1. The number of hydrogen-bond acceptors (Lipinski definition) is 7. The van der Waals surface area contributed by atoms with E-state index in [1.165, 1.54) is 42.5 Å². The molecule has 3 aromatic carbocycles.